The molecule has 2 atom stereocenters. The average Bonchev–Trinajstić information content (AvgIpc) is 3.52. The molecular formula is C28H33Cl3N4O2. The van der Waals surface area contributed by atoms with Crippen molar-refractivity contribution >= 4 is 46.6 Å². The van der Waals surface area contributed by atoms with Crippen molar-refractivity contribution in [3.8, 4) is 0 Å². The lowest BCUT2D eigenvalue weighted by atomic mass is 9.89. The van der Waals surface area contributed by atoms with E-state index in [4.69, 9.17) is 34.8 Å². The number of benzene rings is 1. The van der Waals surface area contributed by atoms with Gasteiger partial charge in [-0.1, -0.05) is 47.8 Å². The minimum atomic E-state index is -0.152. The number of halogens is 3. The molecule has 0 radical (unpaired) electrons. The minimum absolute atomic E-state index is 0.0320. The molecule has 198 valence electrons. The molecule has 2 amide bonds. The van der Waals surface area contributed by atoms with Crippen LogP contribution in [0.3, 0.4) is 0 Å². The fourth-order valence-corrected chi connectivity index (χ4v) is 6.06. The van der Waals surface area contributed by atoms with Gasteiger partial charge in [0.25, 0.3) is 0 Å². The van der Waals surface area contributed by atoms with Crippen LogP contribution >= 0.6 is 34.8 Å². The van der Waals surface area contributed by atoms with Crippen molar-refractivity contribution in [2.45, 2.75) is 45.1 Å². The summed E-state index contributed by atoms with van der Waals surface area (Å²) in [7, 11) is 0. The Morgan fingerprint density at radius 3 is 2.43 bits per heavy atom. The third-order valence-electron chi connectivity index (χ3n) is 8.27. The molecule has 3 aliphatic rings. The van der Waals surface area contributed by atoms with E-state index in [2.05, 4.69) is 17.2 Å². The lowest BCUT2D eigenvalue weighted by Crippen LogP contribution is -2.45. The number of aromatic nitrogens is 1. The molecule has 0 bridgehead atoms. The van der Waals surface area contributed by atoms with Crippen LogP contribution in [-0.4, -0.2) is 59.3 Å². The van der Waals surface area contributed by atoms with Gasteiger partial charge in [0.2, 0.25) is 11.8 Å². The third-order valence-corrected chi connectivity index (χ3v) is 9.24. The zero-order chi connectivity index (χ0) is 26.2. The van der Waals surface area contributed by atoms with E-state index < -0.39 is 0 Å². The van der Waals surface area contributed by atoms with Crippen LogP contribution in [-0.2, 0) is 16.1 Å². The predicted molar refractivity (Wildman–Crippen MR) is 147 cm³/mol. The summed E-state index contributed by atoms with van der Waals surface area (Å²) in [6.07, 6.45) is 5.09. The SMILES string of the molecule is CC1(C(=O)N2CCC(C(=O)N3C[C@H](CNCc4ccc(Cl)cn4)[C@@H](c4ccc(Cl)c(Cl)c4)C3)CC2)CC1. The van der Waals surface area contributed by atoms with Crippen molar-refractivity contribution in [2.24, 2.45) is 17.3 Å². The number of likely N-dealkylation sites (tertiary alicyclic amines) is 2. The maximum Gasteiger partial charge on any atom is 0.228 e. The van der Waals surface area contributed by atoms with Gasteiger partial charge in [-0.3, -0.25) is 14.6 Å². The van der Waals surface area contributed by atoms with E-state index in [-0.39, 0.29) is 35.0 Å². The predicted octanol–water partition coefficient (Wildman–Crippen LogP) is 5.41. The highest BCUT2D eigenvalue weighted by atomic mass is 35.5. The Balaban J connectivity index is 1.23. The molecule has 0 unspecified atom stereocenters. The second kappa shape index (κ2) is 11.1. The van der Waals surface area contributed by atoms with Gasteiger partial charge in [0.1, 0.15) is 0 Å². The number of amides is 2. The Morgan fingerprint density at radius 1 is 1.03 bits per heavy atom. The molecule has 1 N–H and O–H groups in total. The second-order valence-electron chi connectivity index (χ2n) is 11.0. The summed E-state index contributed by atoms with van der Waals surface area (Å²) in [6.45, 7) is 6.10. The number of nitrogens with one attached hydrogen (secondary N) is 1. The van der Waals surface area contributed by atoms with Crippen molar-refractivity contribution in [1.82, 2.24) is 20.1 Å². The molecule has 5 rings (SSSR count). The fourth-order valence-electron chi connectivity index (χ4n) is 5.65. The third kappa shape index (κ3) is 6.08. The summed E-state index contributed by atoms with van der Waals surface area (Å²) in [4.78, 5) is 34.7. The van der Waals surface area contributed by atoms with Gasteiger partial charge in [-0.2, -0.15) is 0 Å². The molecule has 3 fully saturated rings. The van der Waals surface area contributed by atoms with Gasteiger partial charge in [0, 0.05) is 62.7 Å². The fraction of sp³-hybridized carbons (Fsp3) is 0.536. The number of hydrogen-bond donors (Lipinski definition) is 1. The van der Waals surface area contributed by atoms with Crippen molar-refractivity contribution in [3.63, 3.8) is 0 Å². The van der Waals surface area contributed by atoms with E-state index in [1.54, 1.807) is 6.20 Å². The highest BCUT2D eigenvalue weighted by Gasteiger charge is 2.48. The number of piperidine rings is 1. The molecule has 6 nitrogen and oxygen atoms in total. The summed E-state index contributed by atoms with van der Waals surface area (Å²) < 4.78 is 0. The van der Waals surface area contributed by atoms with Gasteiger partial charge >= 0.3 is 0 Å². The summed E-state index contributed by atoms with van der Waals surface area (Å²) in [5, 5.41) is 5.19. The zero-order valence-electron chi connectivity index (χ0n) is 21.1. The highest BCUT2D eigenvalue weighted by molar-refractivity contribution is 6.42. The van der Waals surface area contributed by atoms with E-state index in [1.807, 2.05) is 40.1 Å². The maximum atomic E-state index is 13.6. The highest BCUT2D eigenvalue weighted by Crippen LogP contribution is 2.47. The molecular weight excluding hydrogens is 531 g/mol. The lowest BCUT2D eigenvalue weighted by molar-refractivity contribution is -0.142. The van der Waals surface area contributed by atoms with Crippen LogP contribution in [0, 0.1) is 17.3 Å². The molecule has 2 aliphatic heterocycles. The largest absolute Gasteiger partial charge is 0.342 e. The Bertz CT molecular complexity index is 1150. The molecule has 1 aliphatic carbocycles. The monoisotopic (exact) mass is 562 g/mol. The van der Waals surface area contributed by atoms with E-state index in [1.165, 1.54) is 0 Å². The van der Waals surface area contributed by atoms with Gasteiger partial charge in [0.05, 0.1) is 20.8 Å². The van der Waals surface area contributed by atoms with Gasteiger partial charge in [-0.05, 0) is 61.4 Å². The van der Waals surface area contributed by atoms with E-state index in [0.29, 0.717) is 47.8 Å². The lowest BCUT2D eigenvalue weighted by Gasteiger charge is -2.34. The number of pyridine rings is 1. The van der Waals surface area contributed by atoms with Crippen LogP contribution in [0.1, 0.15) is 49.8 Å². The Kier molecular flexibility index (Phi) is 8.02. The molecule has 37 heavy (non-hydrogen) atoms. The van der Waals surface area contributed by atoms with Crippen molar-refractivity contribution in [1.29, 1.82) is 0 Å². The van der Waals surface area contributed by atoms with Crippen LogP contribution in [0.5, 0.6) is 0 Å². The molecule has 2 saturated heterocycles. The molecule has 0 spiro atoms. The number of carbonyl (C=O) groups is 2. The summed E-state index contributed by atoms with van der Waals surface area (Å²) in [5.41, 5.74) is 1.86. The first-order valence-electron chi connectivity index (χ1n) is 13.1. The number of rotatable bonds is 7. The Hall–Kier alpha value is -1.86. The summed E-state index contributed by atoms with van der Waals surface area (Å²) in [5.74, 6) is 0.818. The maximum absolute atomic E-state index is 13.6. The molecule has 9 heteroatoms. The summed E-state index contributed by atoms with van der Waals surface area (Å²) in [6, 6.07) is 9.53. The van der Waals surface area contributed by atoms with E-state index >= 15 is 0 Å². The smallest absolute Gasteiger partial charge is 0.228 e. The molecule has 1 saturated carbocycles. The first-order chi connectivity index (χ1) is 17.7. The van der Waals surface area contributed by atoms with Gasteiger partial charge in [0.15, 0.2) is 0 Å². The molecule has 1 aromatic carbocycles. The van der Waals surface area contributed by atoms with Crippen molar-refractivity contribution < 1.29 is 9.59 Å². The molecule has 1 aromatic heterocycles. The first kappa shape index (κ1) is 26.7. The quantitative estimate of drug-likeness (QED) is 0.489. The van der Waals surface area contributed by atoms with Crippen LogP contribution in [0.4, 0.5) is 0 Å². The van der Waals surface area contributed by atoms with Crippen molar-refractivity contribution in [3.05, 3.63) is 62.9 Å². The van der Waals surface area contributed by atoms with Crippen LogP contribution in [0.2, 0.25) is 15.1 Å². The normalized spacial score (nSPS) is 23.4. The van der Waals surface area contributed by atoms with Crippen LogP contribution in [0.25, 0.3) is 0 Å². The average molecular weight is 564 g/mol. The second-order valence-corrected chi connectivity index (χ2v) is 12.3. The number of carbonyl (C=O) groups excluding carboxylic acids is 2. The van der Waals surface area contributed by atoms with Crippen LogP contribution < -0.4 is 5.32 Å². The Morgan fingerprint density at radius 2 is 1.78 bits per heavy atom. The van der Waals surface area contributed by atoms with E-state index in [9.17, 15) is 9.59 Å². The van der Waals surface area contributed by atoms with E-state index in [0.717, 1.165) is 43.5 Å². The molecule has 2 aromatic rings. The first-order valence-corrected chi connectivity index (χ1v) is 14.2. The van der Waals surface area contributed by atoms with Gasteiger partial charge in [-0.15, -0.1) is 0 Å². The molecule has 3 heterocycles. The zero-order valence-corrected chi connectivity index (χ0v) is 23.3. The number of nitrogens with zero attached hydrogens (tertiary/aromatic N) is 3. The standard InChI is InChI=1S/C28H33Cl3N4O2/c1-28(8-9-28)27(37)34-10-6-18(7-11-34)26(36)35-16-20(13-32-15-22-4-3-21(29)14-33-22)23(17-35)19-2-5-24(30)25(31)12-19/h2-5,12,14,18,20,23,32H,6-11,13,15-17H2,1H3/t20-,23+/m0/s1. The number of hydrogen-bond acceptors (Lipinski definition) is 4. The minimum Gasteiger partial charge on any atom is -0.342 e. The van der Waals surface area contributed by atoms with Crippen LogP contribution in [0.15, 0.2) is 36.5 Å². The topological polar surface area (TPSA) is 65.5 Å². The Labute approximate surface area is 233 Å². The van der Waals surface area contributed by atoms with Crippen molar-refractivity contribution in [2.75, 3.05) is 32.7 Å². The summed E-state index contributed by atoms with van der Waals surface area (Å²) >= 11 is 18.5. The van der Waals surface area contributed by atoms with Gasteiger partial charge < -0.3 is 15.1 Å². The van der Waals surface area contributed by atoms with Gasteiger partial charge in [-0.25, -0.2) is 0 Å².